The van der Waals surface area contributed by atoms with Crippen molar-refractivity contribution in [3.05, 3.63) is 10.6 Å². The SMILES string of the molecule is COCC(Cl)CN(C)c1nc(C)c(C)s1. The molecule has 1 atom stereocenters. The van der Waals surface area contributed by atoms with Gasteiger partial charge in [0.05, 0.1) is 17.7 Å². The highest BCUT2D eigenvalue weighted by molar-refractivity contribution is 7.15. The van der Waals surface area contributed by atoms with E-state index in [1.807, 2.05) is 14.0 Å². The number of methoxy groups -OCH3 is 1. The van der Waals surface area contributed by atoms with Crippen LogP contribution in [0.5, 0.6) is 0 Å². The molecule has 3 nitrogen and oxygen atoms in total. The lowest BCUT2D eigenvalue weighted by Crippen LogP contribution is -2.28. The van der Waals surface area contributed by atoms with Crippen molar-refractivity contribution in [1.82, 2.24) is 4.98 Å². The molecule has 1 aromatic heterocycles. The van der Waals surface area contributed by atoms with E-state index in [4.69, 9.17) is 16.3 Å². The molecule has 1 aromatic rings. The summed E-state index contributed by atoms with van der Waals surface area (Å²) in [6, 6.07) is 0. The molecule has 0 bridgehead atoms. The average molecular weight is 249 g/mol. The summed E-state index contributed by atoms with van der Waals surface area (Å²) in [6.45, 7) is 5.42. The molecular formula is C10H17ClN2OS. The first kappa shape index (κ1) is 12.7. The zero-order valence-electron chi connectivity index (χ0n) is 9.58. The van der Waals surface area contributed by atoms with Gasteiger partial charge in [0.2, 0.25) is 0 Å². The van der Waals surface area contributed by atoms with Crippen molar-refractivity contribution < 1.29 is 4.74 Å². The molecule has 15 heavy (non-hydrogen) atoms. The van der Waals surface area contributed by atoms with Crippen LogP contribution in [0.3, 0.4) is 0 Å². The van der Waals surface area contributed by atoms with Crippen LogP contribution in [0.2, 0.25) is 0 Å². The van der Waals surface area contributed by atoms with Crippen LogP contribution in [0.4, 0.5) is 5.13 Å². The smallest absolute Gasteiger partial charge is 0.185 e. The number of halogens is 1. The number of alkyl halides is 1. The molecule has 0 radical (unpaired) electrons. The Morgan fingerprint density at radius 2 is 2.20 bits per heavy atom. The molecule has 0 saturated heterocycles. The number of hydrogen-bond acceptors (Lipinski definition) is 4. The number of ether oxygens (including phenoxy) is 1. The van der Waals surface area contributed by atoms with Crippen molar-refractivity contribution in [1.29, 1.82) is 0 Å². The third kappa shape index (κ3) is 3.63. The van der Waals surface area contributed by atoms with Crippen molar-refractivity contribution in [2.24, 2.45) is 0 Å². The Balaban J connectivity index is 2.56. The van der Waals surface area contributed by atoms with Crippen LogP contribution < -0.4 is 4.90 Å². The van der Waals surface area contributed by atoms with Crippen LogP contribution in [-0.2, 0) is 4.74 Å². The predicted molar refractivity (Wildman–Crippen MR) is 66.4 cm³/mol. The van der Waals surface area contributed by atoms with Crippen molar-refractivity contribution in [3.8, 4) is 0 Å². The molecule has 5 heteroatoms. The monoisotopic (exact) mass is 248 g/mol. The molecule has 0 aliphatic heterocycles. The summed E-state index contributed by atoms with van der Waals surface area (Å²) in [4.78, 5) is 7.80. The lowest BCUT2D eigenvalue weighted by atomic mass is 10.4. The van der Waals surface area contributed by atoms with E-state index in [0.29, 0.717) is 6.61 Å². The maximum atomic E-state index is 6.08. The molecule has 86 valence electrons. The summed E-state index contributed by atoms with van der Waals surface area (Å²) in [7, 11) is 3.66. The fourth-order valence-corrected chi connectivity index (χ4v) is 2.44. The Morgan fingerprint density at radius 1 is 1.53 bits per heavy atom. The Morgan fingerprint density at radius 3 is 2.67 bits per heavy atom. The summed E-state index contributed by atoms with van der Waals surface area (Å²) in [5.41, 5.74) is 1.10. The van der Waals surface area contributed by atoms with E-state index in [1.165, 1.54) is 4.88 Å². The highest BCUT2D eigenvalue weighted by Crippen LogP contribution is 2.24. The Kier molecular flexibility index (Phi) is 4.83. The van der Waals surface area contributed by atoms with Crippen molar-refractivity contribution in [2.75, 3.05) is 32.2 Å². The zero-order valence-corrected chi connectivity index (χ0v) is 11.2. The van der Waals surface area contributed by atoms with Gasteiger partial charge >= 0.3 is 0 Å². The minimum absolute atomic E-state index is 0.00418. The van der Waals surface area contributed by atoms with Gasteiger partial charge < -0.3 is 9.64 Å². The van der Waals surface area contributed by atoms with E-state index in [9.17, 15) is 0 Å². The third-order valence-electron chi connectivity index (χ3n) is 2.16. The van der Waals surface area contributed by atoms with Crippen LogP contribution in [0.25, 0.3) is 0 Å². The van der Waals surface area contributed by atoms with E-state index in [2.05, 4.69) is 16.8 Å². The summed E-state index contributed by atoms with van der Waals surface area (Å²) in [5, 5.41) is 1.02. The van der Waals surface area contributed by atoms with Crippen molar-refractivity contribution in [2.45, 2.75) is 19.2 Å². The number of thiazole rings is 1. The van der Waals surface area contributed by atoms with E-state index in [1.54, 1.807) is 18.4 Å². The summed E-state index contributed by atoms with van der Waals surface area (Å²) in [5.74, 6) is 0. The number of hydrogen-bond donors (Lipinski definition) is 0. The van der Waals surface area contributed by atoms with Gasteiger partial charge in [-0.1, -0.05) is 0 Å². The molecule has 0 N–H and O–H groups in total. The fourth-order valence-electron chi connectivity index (χ4n) is 1.23. The molecule has 0 aromatic carbocycles. The molecule has 0 saturated carbocycles. The minimum Gasteiger partial charge on any atom is -0.383 e. The normalized spacial score (nSPS) is 12.9. The van der Waals surface area contributed by atoms with Crippen LogP contribution in [0.15, 0.2) is 0 Å². The number of aromatic nitrogens is 1. The maximum Gasteiger partial charge on any atom is 0.185 e. The molecule has 1 rings (SSSR count). The van der Waals surface area contributed by atoms with Gasteiger partial charge in [-0.25, -0.2) is 4.98 Å². The van der Waals surface area contributed by atoms with E-state index in [0.717, 1.165) is 17.4 Å². The highest BCUT2D eigenvalue weighted by atomic mass is 35.5. The zero-order chi connectivity index (χ0) is 11.4. The first-order chi connectivity index (χ1) is 7.04. The lowest BCUT2D eigenvalue weighted by molar-refractivity contribution is 0.199. The molecule has 0 aliphatic carbocycles. The van der Waals surface area contributed by atoms with E-state index >= 15 is 0 Å². The van der Waals surface area contributed by atoms with Crippen LogP contribution in [0, 0.1) is 13.8 Å². The quantitative estimate of drug-likeness (QED) is 0.749. The first-order valence-corrected chi connectivity index (χ1v) is 6.08. The van der Waals surface area contributed by atoms with Crippen LogP contribution in [0.1, 0.15) is 10.6 Å². The van der Waals surface area contributed by atoms with Crippen molar-refractivity contribution >= 4 is 28.1 Å². The molecular weight excluding hydrogens is 232 g/mol. The van der Waals surface area contributed by atoms with Gasteiger partial charge in [-0.2, -0.15) is 0 Å². The van der Waals surface area contributed by atoms with Gasteiger partial charge in [-0.15, -0.1) is 22.9 Å². The summed E-state index contributed by atoms with van der Waals surface area (Å²) < 4.78 is 4.99. The third-order valence-corrected chi connectivity index (χ3v) is 3.61. The van der Waals surface area contributed by atoms with Crippen LogP contribution >= 0.6 is 22.9 Å². The molecule has 0 amide bonds. The predicted octanol–water partition coefficient (Wildman–Crippen LogP) is 2.45. The number of nitrogens with zero attached hydrogens (tertiary/aromatic N) is 2. The second-order valence-electron chi connectivity index (χ2n) is 3.57. The molecule has 0 aliphatic rings. The van der Waals surface area contributed by atoms with Gasteiger partial charge in [0.1, 0.15) is 0 Å². The minimum atomic E-state index is 0.00418. The van der Waals surface area contributed by atoms with Crippen molar-refractivity contribution in [3.63, 3.8) is 0 Å². The number of anilines is 1. The molecule has 1 unspecified atom stereocenters. The largest absolute Gasteiger partial charge is 0.383 e. The second-order valence-corrected chi connectivity index (χ2v) is 5.37. The molecule has 1 heterocycles. The van der Waals surface area contributed by atoms with Gasteiger partial charge in [-0.3, -0.25) is 0 Å². The van der Waals surface area contributed by atoms with E-state index in [-0.39, 0.29) is 5.38 Å². The lowest BCUT2D eigenvalue weighted by Gasteiger charge is -2.18. The Labute approximate surface area is 100 Å². The van der Waals surface area contributed by atoms with Crippen LogP contribution in [-0.4, -0.2) is 37.7 Å². The Hall–Kier alpha value is -0.320. The second kappa shape index (κ2) is 5.68. The summed E-state index contributed by atoms with van der Waals surface area (Å²) in [6.07, 6.45) is 0. The first-order valence-electron chi connectivity index (χ1n) is 4.82. The van der Waals surface area contributed by atoms with Gasteiger partial charge in [0.25, 0.3) is 0 Å². The number of rotatable bonds is 5. The van der Waals surface area contributed by atoms with E-state index < -0.39 is 0 Å². The number of aryl methyl sites for hydroxylation is 2. The molecule has 0 spiro atoms. The van der Waals surface area contributed by atoms with Gasteiger partial charge in [0.15, 0.2) is 5.13 Å². The Bertz CT molecular complexity index is 297. The maximum absolute atomic E-state index is 6.08. The van der Waals surface area contributed by atoms with Gasteiger partial charge in [-0.05, 0) is 13.8 Å². The summed E-state index contributed by atoms with van der Waals surface area (Å²) >= 11 is 7.78. The van der Waals surface area contributed by atoms with Gasteiger partial charge in [0, 0.05) is 25.6 Å². The average Bonchev–Trinajstić information content (AvgIpc) is 2.47. The topological polar surface area (TPSA) is 25.4 Å². The highest BCUT2D eigenvalue weighted by Gasteiger charge is 2.12. The fraction of sp³-hybridized carbons (Fsp3) is 0.700. The standard InChI is InChI=1S/C10H17ClN2OS/c1-7-8(2)15-10(12-7)13(3)5-9(11)6-14-4/h9H,5-6H2,1-4H3. The molecule has 0 fully saturated rings.